The normalized spacial score (nSPS) is 13.4. The third kappa shape index (κ3) is 4.43. The molecule has 2 N–H and O–H groups in total. The van der Waals surface area contributed by atoms with E-state index in [1.807, 2.05) is 12.1 Å². The third-order valence-corrected chi connectivity index (χ3v) is 3.97. The zero-order chi connectivity index (χ0) is 17.6. The molecule has 0 atom stereocenters. The number of fused-ring (bicyclic) bond motifs is 1. The minimum atomic E-state index is -0.247. The zero-order valence-corrected chi connectivity index (χ0v) is 16.7. The number of halogens is 1. The van der Waals surface area contributed by atoms with Gasteiger partial charge in [0.25, 0.3) is 11.8 Å². The highest BCUT2D eigenvalue weighted by Crippen LogP contribution is 2.21. The Morgan fingerprint density at radius 2 is 1.69 bits per heavy atom. The molecule has 0 saturated heterocycles. The van der Waals surface area contributed by atoms with Gasteiger partial charge in [-0.15, -0.1) is 24.0 Å². The molecule has 138 valence electrons. The molecule has 0 bridgehead atoms. The van der Waals surface area contributed by atoms with Crippen LogP contribution >= 0.6 is 24.0 Å². The van der Waals surface area contributed by atoms with Crippen LogP contribution in [0.1, 0.15) is 26.5 Å². The van der Waals surface area contributed by atoms with E-state index in [1.54, 1.807) is 37.6 Å². The molecule has 2 amide bonds. The first-order valence-corrected chi connectivity index (χ1v) is 8.13. The number of imide groups is 1. The van der Waals surface area contributed by atoms with Crippen molar-refractivity contribution in [2.75, 3.05) is 26.7 Å². The summed E-state index contributed by atoms with van der Waals surface area (Å²) in [5.74, 6) is 1.02. The fraction of sp³-hybridized carbons (Fsp3) is 0.278. The number of amides is 2. The van der Waals surface area contributed by atoms with E-state index in [-0.39, 0.29) is 42.3 Å². The number of hydrogen-bond donors (Lipinski definition) is 2. The lowest BCUT2D eigenvalue weighted by atomic mass is 10.1. The number of furan rings is 1. The van der Waals surface area contributed by atoms with Crippen molar-refractivity contribution in [3.63, 3.8) is 0 Å². The van der Waals surface area contributed by atoms with E-state index < -0.39 is 0 Å². The lowest BCUT2D eigenvalue weighted by Gasteiger charge is -2.16. The van der Waals surface area contributed by atoms with Gasteiger partial charge in [0.05, 0.1) is 17.4 Å². The predicted octanol–water partition coefficient (Wildman–Crippen LogP) is 1.90. The molecule has 2 aromatic rings. The van der Waals surface area contributed by atoms with Crippen molar-refractivity contribution in [2.45, 2.75) is 6.42 Å². The van der Waals surface area contributed by atoms with Crippen LogP contribution in [0.4, 0.5) is 0 Å². The van der Waals surface area contributed by atoms with E-state index >= 15 is 0 Å². The molecule has 1 aliphatic rings. The molecular weight excluding hydrogens is 447 g/mol. The molecule has 0 unspecified atom stereocenters. The molecule has 1 aromatic carbocycles. The molecule has 0 spiro atoms. The number of hydrogen-bond acceptors (Lipinski definition) is 4. The number of carbonyl (C=O) groups is 2. The molecule has 0 aliphatic carbocycles. The van der Waals surface area contributed by atoms with Gasteiger partial charge < -0.3 is 15.1 Å². The number of nitrogens with one attached hydrogen (secondary N) is 2. The van der Waals surface area contributed by atoms with Crippen molar-refractivity contribution >= 4 is 41.8 Å². The fourth-order valence-corrected chi connectivity index (χ4v) is 2.71. The second kappa shape index (κ2) is 9.37. The van der Waals surface area contributed by atoms with E-state index in [0.717, 1.165) is 12.2 Å². The smallest absolute Gasteiger partial charge is 0.261 e. The SMILES string of the molecule is CN=C(NCCc1ccco1)NCCN1C(=O)c2ccccc2C1=O.I. The average molecular weight is 468 g/mol. The highest BCUT2D eigenvalue weighted by Gasteiger charge is 2.34. The van der Waals surface area contributed by atoms with Gasteiger partial charge in [-0.2, -0.15) is 0 Å². The van der Waals surface area contributed by atoms with Gasteiger partial charge in [-0.3, -0.25) is 19.5 Å². The lowest BCUT2D eigenvalue weighted by molar-refractivity contribution is 0.0657. The van der Waals surface area contributed by atoms with Crippen molar-refractivity contribution in [1.29, 1.82) is 0 Å². The van der Waals surface area contributed by atoms with Crippen LogP contribution in [-0.4, -0.2) is 49.4 Å². The predicted molar refractivity (Wildman–Crippen MR) is 109 cm³/mol. The van der Waals surface area contributed by atoms with Gasteiger partial charge in [0.2, 0.25) is 0 Å². The van der Waals surface area contributed by atoms with Crippen LogP contribution < -0.4 is 10.6 Å². The van der Waals surface area contributed by atoms with Crippen LogP contribution in [0.2, 0.25) is 0 Å². The van der Waals surface area contributed by atoms with Crippen molar-refractivity contribution in [3.05, 3.63) is 59.5 Å². The Morgan fingerprint density at radius 3 is 2.27 bits per heavy atom. The van der Waals surface area contributed by atoms with Gasteiger partial charge in [-0.25, -0.2) is 0 Å². The molecular formula is C18H21IN4O3. The third-order valence-electron chi connectivity index (χ3n) is 3.97. The summed E-state index contributed by atoms with van der Waals surface area (Å²) in [6, 6.07) is 10.6. The fourth-order valence-electron chi connectivity index (χ4n) is 2.71. The molecule has 0 radical (unpaired) electrons. The van der Waals surface area contributed by atoms with Crippen LogP contribution in [-0.2, 0) is 6.42 Å². The Kier molecular flexibility index (Phi) is 7.19. The quantitative estimate of drug-likeness (QED) is 0.293. The maximum absolute atomic E-state index is 12.3. The van der Waals surface area contributed by atoms with Crippen molar-refractivity contribution in [3.8, 4) is 0 Å². The van der Waals surface area contributed by atoms with Gasteiger partial charge in [0.15, 0.2) is 5.96 Å². The molecule has 7 nitrogen and oxygen atoms in total. The molecule has 1 aromatic heterocycles. The number of nitrogens with zero attached hydrogens (tertiary/aromatic N) is 2. The van der Waals surface area contributed by atoms with Crippen LogP contribution in [0.25, 0.3) is 0 Å². The van der Waals surface area contributed by atoms with Crippen LogP contribution in [0, 0.1) is 0 Å². The van der Waals surface area contributed by atoms with Crippen molar-refractivity contribution < 1.29 is 14.0 Å². The van der Waals surface area contributed by atoms with E-state index in [2.05, 4.69) is 15.6 Å². The number of aliphatic imine (C=N–C) groups is 1. The summed E-state index contributed by atoms with van der Waals surface area (Å²) in [6.07, 6.45) is 2.39. The Labute approximate surface area is 168 Å². The first kappa shape index (κ1) is 20.0. The Hall–Kier alpha value is -2.36. The molecule has 0 fully saturated rings. The monoisotopic (exact) mass is 468 g/mol. The standard InChI is InChI=1S/C18H20N4O3.HI/c1-19-18(20-9-8-13-5-4-12-25-13)21-10-11-22-16(23)14-6-2-3-7-15(14)17(22)24;/h2-7,12H,8-11H2,1H3,(H2,19,20,21);1H. The molecule has 8 heteroatoms. The number of benzene rings is 1. The van der Waals surface area contributed by atoms with Gasteiger partial charge in [-0.05, 0) is 24.3 Å². The summed E-state index contributed by atoms with van der Waals surface area (Å²) in [5, 5.41) is 6.27. The van der Waals surface area contributed by atoms with E-state index in [0.29, 0.717) is 30.2 Å². The van der Waals surface area contributed by atoms with Crippen LogP contribution in [0.5, 0.6) is 0 Å². The van der Waals surface area contributed by atoms with Crippen molar-refractivity contribution in [1.82, 2.24) is 15.5 Å². The average Bonchev–Trinajstić information content (AvgIpc) is 3.23. The second-order valence-electron chi connectivity index (χ2n) is 5.56. The van der Waals surface area contributed by atoms with E-state index in [1.165, 1.54) is 4.90 Å². The molecule has 2 heterocycles. The summed E-state index contributed by atoms with van der Waals surface area (Å²) in [7, 11) is 1.67. The maximum atomic E-state index is 12.3. The molecule has 3 rings (SSSR count). The van der Waals surface area contributed by atoms with Gasteiger partial charge >= 0.3 is 0 Å². The van der Waals surface area contributed by atoms with Crippen molar-refractivity contribution in [2.24, 2.45) is 4.99 Å². The van der Waals surface area contributed by atoms with Crippen LogP contribution in [0.15, 0.2) is 52.1 Å². The Morgan fingerprint density at radius 1 is 1.04 bits per heavy atom. The zero-order valence-electron chi connectivity index (χ0n) is 14.4. The second-order valence-corrected chi connectivity index (χ2v) is 5.56. The van der Waals surface area contributed by atoms with Gasteiger partial charge in [-0.1, -0.05) is 12.1 Å². The summed E-state index contributed by atoms with van der Waals surface area (Å²) in [6.45, 7) is 1.37. The molecule has 1 aliphatic heterocycles. The van der Waals surface area contributed by atoms with E-state index in [9.17, 15) is 9.59 Å². The van der Waals surface area contributed by atoms with Gasteiger partial charge in [0.1, 0.15) is 5.76 Å². The maximum Gasteiger partial charge on any atom is 0.261 e. The summed E-state index contributed by atoms with van der Waals surface area (Å²) in [5.41, 5.74) is 0.932. The molecule has 0 saturated carbocycles. The topological polar surface area (TPSA) is 86.9 Å². The Balaban J connectivity index is 0.00000243. The minimum absolute atomic E-state index is 0. The number of guanidine groups is 1. The Bertz CT molecular complexity index is 754. The molecule has 26 heavy (non-hydrogen) atoms. The van der Waals surface area contributed by atoms with E-state index in [4.69, 9.17) is 4.42 Å². The lowest BCUT2D eigenvalue weighted by Crippen LogP contribution is -2.43. The number of carbonyl (C=O) groups excluding carboxylic acids is 2. The summed E-state index contributed by atoms with van der Waals surface area (Å²) < 4.78 is 5.27. The largest absolute Gasteiger partial charge is 0.469 e. The first-order chi connectivity index (χ1) is 12.2. The highest BCUT2D eigenvalue weighted by atomic mass is 127. The van der Waals surface area contributed by atoms with Gasteiger partial charge in [0, 0.05) is 33.1 Å². The van der Waals surface area contributed by atoms with Crippen LogP contribution in [0.3, 0.4) is 0 Å². The minimum Gasteiger partial charge on any atom is -0.469 e. The summed E-state index contributed by atoms with van der Waals surface area (Å²) >= 11 is 0. The highest BCUT2D eigenvalue weighted by molar-refractivity contribution is 14.0. The first-order valence-electron chi connectivity index (χ1n) is 8.13. The summed E-state index contributed by atoms with van der Waals surface area (Å²) in [4.78, 5) is 29.9. The number of rotatable bonds is 6.